The molecule has 1 aliphatic rings. The molecule has 0 N–H and O–H groups in total. The standard InChI is InChI=1S/C15H23N3O2/c1-4-9-19-11-20-10-13(16-3)15-12(2)17-14-7-5-6-8-18(14)15/h10H,3-9,11H2,1-2H3/b13-10-. The van der Waals surface area contributed by atoms with Crippen LogP contribution in [0.5, 0.6) is 0 Å². The summed E-state index contributed by atoms with van der Waals surface area (Å²) in [6.07, 6.45) is 6.02. The van der Waals surface area contributed by atoms with Crippen molar-refractivity contribution in [3.63, 3.8) is 0 Å². The van der Waals surface area contributed by atoms with Gasteiger partial charge in [0.15, 0.2) is 6.79 Å². The largest absolute Gasteiger partial charge is 0.473 e. The Morgan fingerprint density at radius 2 is 2.35 bits per heavy atom. The van der Waals surface area contributed by atoms with Crippen molar-refractivity contribution in [2.75, 3.05) is 13.4 Å². The van der Waals surface area contributed by atoms with Gasteiger partial charge in [-0.2, -0.15) is 0 Å². The maximum Gasteiger partial charge on any atom is 0.188 e. The van der Waals surface area contributed by atoms with Crippen LogP contribution in [0.15, 0.2) is 11.3 Å². The molecule has 2 rings (SSSR count). The van der Waals surface area contributed by atoms with Gasteiger partial charge in [0, 0.05) is 13.0 Å². The predicted octanol–water partition coefficient (Wildman–Crippen LogP) is 2.93. The Labute approximate surface area is 120 Å². The number of aromatic nitrogens is 2. The number of imidazole rings is 1. The molecule has 0 aliphatic carbocycles. The van der Waals surface area contributed by atoms with Crippen LogP contribution in [0.25, 0.3) is 5.70 Å². The first-order chi connectivity index (χ1) is 9.77. The molecule has 110 valence electrons. The number of hydrogen-bond acceptors (Lipinski definition) is 4. The monoisotopic (exact) mass is 277 g/mol. The number of rotatable bonds is 7. The lowest BCUT2D eigenvalue weighted by atomic mass is 10.1. The van der Waals surface area contributed by atoms with Crippen LogP contribution in [0.1, 0.15) is 43.4 Å². The summed E-state index contributed by atoms with van der Waals surface area (Å²) in [6.45, 7) is 9.65. The van der Waals surface area contributed by atoms with Gasteiger partial charge in [0.25, 0.3) is 0 Å². The number of hydrogen-bond donors (Lipinski definition) is 0. The van der Waals surface area contributed by atoms with E-state index in [-0.39, 0.29) is 6.79 Å². The van der Waals surface area contributed by atoms with E-state index in [0.29, 0.717) is 6.61 Å². The van der Waals surface area contributed by atoms with Crippen molar-refractivity contribution < 1.29 is 9.47 Å². The molecule has 0 radical (unpaired) electrons. The van der Waals surface area contributed by atoms with Crippen molar-refractivity contribution in [2.24, 2.45) is 4.99 Å². The maximum atomic E-state index is 5.40. The molecule has 0 saturated heterocycles. The molecule has 0 fully saturated rings. The summed E-state index contributed by atoms with van der Waals surface area (Å²) in [5, 5.41) is 0. The molecule has 0 aromatic carbocycles. The molecule has 0 unspecified atom stereocenters. The number of aliphatic imine (C=N–C) groups is 1. The fraction of sp³-hybridized carbons (Fsp3) is 0.600. The number of fused-ring (bicyclic) bond motifs is 1. The Kier molecular flexibility index (Phi) is 5.35. The van der Waals surface area contributed by atoms with E-state index in [1.54, 1.807) is 6.26 Å². The van der Waals surface area contributed by atoms with Gasteiger partial charge in [-0.05, 0) is 32.9 Å². The highest BCUT2D eigenvalue weighted by atomic mass is 16.7. The highest BCUT2D eigenvalue weighted by molar-refractivity contribution is 5.66. The van der Waals surface area contributed by atoms with Gasteiger partial charge in [-0.1, -0.05) is 6.92 Å². The van der Waals surface area contributed by atoms with Crippen molar-refractivity contribution in [1.82, 2.24) is 9.55 Å². The molecule has 0 saturated carbocycles. The summed E-state index contributed by atoms with van der Waals surface area (Å²) >= 11 is 0. The highest BCUT2D eigenvalue weighted by Gasteiger charge is 2.19. The van der Waals surface area contributed by atoms with Gasteiger partial charge in [-0.3, -0.25) is 4.99 Å². The van der Waals surface area contributed by atoms with E-state index < -0.39 is 0 Å². The SMILES string of the molecule is C=N/C(=C\OCOCCC)c1c(C)nc2n1CCCC2. The molecule has 0 bridgehead atoms. The van der Waals surface area contributed by atoms with Crippen molar-refractivity contribution in [2.45, 2.75) is 46.1 Å². The van der Waals surface area contributed by atoms with Gasteiger partial charge in [0.2, 0.25) is 0 Å². The summed E-state index contributed by atoms with van der Waals surface area (Å²) in [5.41, 5.74) is 2.73. The van der Waals surface area contributed by atoms with Crippen LogP contribution in [0.4, 0.5) is 0 Å². The Balaban J connectivity index is 2.13. The molecule has 5 heteroatoms. The predicted molar refractivity (Wildman–Crippen MR) is 79.6 cm³/mol. The zero-order valence-electron chi connectivity index (χ0n) is 12.4. The van der Waals surface area contributed by atoms with Crippen LogP contribution in [-0.2, 0) is 22.4 Å². The van der Waals surface area contributed by atoms with Crippen LogP contribution in [0.2, 0.25) is 0 Å². The quantitative estimate of drug-likeness (QED) is 0.333. The zero-order valence-corrected chi connectivity index (χ0v) is 12.4. The first-order valence-corrected chi connectivity index (χ1v) is 7.20. The molecule has 0 amide bonds. The van der Waals surface area contributed by atoms with E-state index in [9.17, 15) is 0 Å². The minimum Gasteiger partial charge on any atom is -0.473 e. The van der Waals surface area contributed by atoms with Crippen molar-refractivity contribution >= 4 is 12.4 Å². The summed E-state index contributed by atoms with van der Waals surface area (Å²) < 4.78 is 12.9. The van der Waals surface area contributed by atoms with Crippen LogP contribution >= 0.6 is 0 Å². The first-order valence-electron chi connectivity index (χ1n) is 7.20. The number of ether oxygens (including phenoxy) is 2. The van der Waals surface area contributed by atoms with Gasteiger partial charge in [0.1, 0.15) is 17.8 Å². The third-order valence-electron chi connectivity index (χ3n) is 3.36. The number of nitrogens with zero attached hydrogens (tertiary/aromatic N) is 3. The van der Waals surface area contributed by atoms with Gasteiger partial charge >= 0.3 is 0 Å². The van der Waals surface area contributed by atoms with E-state index in [1.165, 1.54) is 12.8 Å². The third-order valence-corrected chi connectivity index (χ3v) is 3.36. The van der Waals surface area contributed by atoms with Crippen LogP contribution in [-0.4, -0.2) is 29.7 Å². The minimum atomic E-state index is 0.243. The first kappa shape index (κ1) is 14.8. The molecule has 5 nitrogen and oxygen atoms in total. The second-order valence-corrected chi connectivity index (χ2v) is 4.92. The van der Waals surface area contributed by atoms with Gasteiger partial charge in [-0.25, -0.2) is 4.98 Å². The Morgan fingerprint density at radius 1 is 1.50 bits per heavy atom. The summed E-state index contributed by atoms with van der Waals surface area (Å²) in [5.74, 6) is 1.14. The topological polar surface area (TPSA) is 48.6 Å². The Hall–Kier alpha value is -1.62. The van der Waals surface area contributed by atoms with E-state index >= 15 is 0 Å². The van der Waals surface area contributed by atoms with Crippen LogP contribution in [0.3, 0.4) is 0 Å². The highest BCUT2D eigenvalue weighted by Crippen LogP contribution is 2.25. The van der Waals surface area contributed by atoms with E-state index in [1.807, 2.05) is 6.92 Å². The molecular weight excluding hydrogens is 254 g/mol. The van der Waals surface area contributed by atoms with E-state index in [0.717, 1.165) is 42.3 Å². The average Bonchev–Trinajstić information content (AvgIpc) is 2.79. The smallest absolute Gasteiger partial charge is 0.188 e. The fourth-order valence-corrected chi connectivity index (χ4v) is 2.47. The number of aryl methyl sites for hydroxylation is 2. The third kappa shape index (κ3) is 3.28. The lowest BCUT2D eigenvalue weighted by molar-refractivity contribution is -0.0105. The van der Waals surface area contributed by atoms with Crippen molar-refractivity contribution in [3.05, 3.63) is 23.5 Å². The molecule has 1 aromatic rings. The van der Waals surface area contributed by atoms with Gasteiger partial charge in [-0.15, -0.1) is 0 Å². The van der Waals surface area contributed by atoms with Crippen molar-refractivity contribution in [3.8, 4) is 0 Å². The van der Waals surface area contributed by atoms with Gasteiger partial charge in [0.05, 0.1) is 18.0 Å². The molecule has 0 spiro atoms. The Bertz CT molecular complexity index is 492. The lowest BCUT2D eigenvalue weighted by Crippen LogP contribution is -2.12. The minimum absolute atomic E-state index is 0.243. The molecule has 1 aromatic heterocycles. The van der Waals surface area contributed by atoms with E-state index in [2.05, 4.69) is 28.2 Å². The average molecular weight is 277 g/mol. The molecule has 2 heterocycles. The normalized spacial score (nSPS) is 15.0. The molecular formula is C15H23N3O2. The molecule has 20 heavy (non-hydrogen) atoms. The van der Waals surface area contributed by atoms with Crippen LogP contribution < -0.4 is 0 Å². The zero-order chi connectivity index (χ0) is 14.4. The van der Waals surface area contributed by atoms with E-state index in [4.69, 9.17) is 9.47 Å². The molecule has 1 aliphatic heterocycles. The summed E-state index contributed by atoms with van der Waals surface area (Å²) in [7, 11) is 0. The fourth-order valence-electron chi connectivity index (χ4n) is 2.47. The summed E-state index contributed by atoms with van der Waals surface area (Å²) in [6, 6.07) is 0. The van der Waals surface area contributed by atoms with Crippen LogP contribution in [0, 0.1) is 6.92 Å². The lowest BCUT2D eigenvalue weighted by Gasteiger charge is -2.16. The van der Waals surface area contributed by atoms with Gasteiger partial charge < -0.3 is 14.0 Å². The second kappa shape index (κ2) is 7.24. The molecule has 0 atom stereocenters. The maximum absolute atomic E-state index is 5.40. The van der Waals surface area contributed by atoms with Crippen molar-refractivity contribution in [1.29, 1.82) is 0 Å². The summed E-state index contributed by atoms with van der Waals surface area (Å²) in [4.78, 5) is 8.71. The second-order valence-electron chi connectivity index (χ2n) is 4.92. The Morgan fingerprint density at radius 3 is 3.10 bits per heavy atom.